The number of rotatable bonds is 5. The van der Waals surface area contributed by atoms with Gasteiger partial charge in [0, 0.05) is 48.5 Å². The Morgan fingerprint density at radius 2 is 2.00 bits per heavy atom. The van der Waals surface area contributed by atoms with E-state index in [0.717, 1.165) is 43.7 Å². The summed E-state index contributed by atoms with van der Waals surface area (Å²) in [4.78, 5) is 34.0. The Morgan fingerprint density at radius 1 is 1.19 bits per heavy atom. The number of carbonyl (C=O) groups is 2. The molecule has 196 valence electrons. The highest BCUT2D eigenvalue weighted by atomic mass is 35.5. The van der Waals surface area contributed by atoms with Crippen LogP contribution in [0.3, 0.4) is 0 Å². The summed E-state index contributed by atoms with van der Waals surface area (Å²) >= 11 is 6.13. The molecule has 37 heavy (non-hydrogen) atoms. The highest BCUT2D eigenvalue weighted by molar-refractivity contribution is 6.31. The van der Waals surface area contributed by atoms with E-state index in [1.54, 1.807) is 9.42 Å². The maximum absolute atomic E-state index is 13.7. The van der Waals surface area contributed by atoms with E-state index in [0.29, 0.717) is 24.3 Å². The normalized spacial score (nSPS) is 20.2. The van der Waals surface area contributed by atoms with Crippen LogP contribution in [0.5, 0.6) is 0 Å². The first-order chi connectivity index (χ1) is 17.7. The second-order valence-corrected chi connectivity index (χ2v) is 10.0. The van der Waals surface area contributed by atoms with E-state index in [1.807, 2.05) is 19.2 Å². The minimum Gasteiger partial charge on any atom is -0.355 e. The SMILES string of the molecule is Cc1cn2nc([C@H]3CCCCN3C(=O)c3cc(Cl)ccc3NC(=O)C(F)F)cc2nc1N1CC[C@H](N)C1. The first-order valence-corrected chi connectivity index (χ1v) is 12.7. The summed E-state index contributed by atoms with van der Waals surface area (Å²) in [6.07, 6.45) is 1.99. The van der Waals surface area contributed by atoms with E-state index in [1.165, 1.54) is 18.2 Å². The minimum absolute atomic E-state index is 0.00946. The molecule has 0 radical (unpaired) electrons. The molecule has 2 aliphatic heterocycles. The molecule has 9 nitrogen and oxygen atoms in total. The highest BCUT2D eigenvalue weighted by Crippen LogP contribution is 2.34. The molecule has 0 aliphatic carbocycles. The molecule has 1 aromatic carbocycles. The number of benzene rings is 1. The van der Waals surface area contributed by atoms with Crippen molar-refractivity contribution < 1.29 is 18.4 Å². The van der Waals surface area contributed by atoms with Crippen LogP contribution in [0.1, 0.15) is 53.3 Å². The number of amides is 2. The number of fused-ring (bicyclic) bond motifs is 1. The Balaban J connectivity index is 1.47. The number of aryl methyl sites for hydroxylation is 1. The lowest BCUT2D eigenvalue weighted by molar-refractivity contribution is -0.126. The van der Waals surface area contributed by atoms with Crippen LogP contribution in [-0.4, -0.2) is 63.4 Å². The van der Waals surface area contributed by atoms with Crippen molar-refractivity contribution >= 4 is 40.6 Å². The Kier molecular flexibility index (Phi) is 7.00. The molecule has 0 spiro atoms. The van der Waals surface area contributed by atoms with Gasteiger partial charge in [-0.3, -0.25) is 9.59 Å². The van der Waals surface area contributed by atoms with Crippen LogP contribution in [0.2, 0.25) is 5.02 Å². The minimum atomic E-state index is -3.21. The summed E-state index contributed by atoms with van der Waals surface area (Å²) in [6, 6.07) is 5.85. The third kappa shape index (κ3) is 5.10. The summed E-state index contributed by atoms with van der Waals surface area (Å²) in [6.45, 7) is 4.04. The third-order valence-electron chi connectivity index (χ3n) is 6.92. The number of hydrogen-bond donors (Lipinski definition) is 2. The molecule has 3 N–H and O–H groups in total. The van der Waals surface area contributed by atoms with Crippen molar-refractivity contribution in [1.29, 1.82) is 0 Å². The maximum atomic E-state index is 13.7. The lowest BCUT2D eigenvalue weighted by Crippen LogP contribution is -2.39. The van der Waals surface area contributed by atoms with Gasteiger partial charge in [0.25, 0.3) is 11.8 Å². The van der Waals surface area contributed by atoms with Crippen LogP contribution in [0.25, 0.3) is 5.65 Å². The molecule has 2 atom stereocenters. The predicted octanol–water partition coefficient (Wildman–Crippen LogP) is 3.80. The van der Waals surface area contributed by atoms with Crippen LogP contribution < -0.4 is 16.0 Å². The molecular weight excluding hydrogens is 504 g/mol. The predicted molar refractivity (Wildman–Crippen MR) is 136 cm³/mol. The molecule has 0 unspecified atom stereocenters. The number of anilines is 2. The fraction of sp³-hybridized carbons (Fsp3) is 0.440. The van der Waals surface area contributed by atoms with Crippen molar-refractivity contribution in [2.24, 2.45) is 5.73 Å². The molecule has 5 rings (SSSR count). The second-order valence-electron chi connectivity index (χ2n) is 9.60. The summed E-state index contributed by atoms with van der Waals surface area (Å²) in [7, 11) is 0. The Bertz CT molecular complexity index is 1350. The number of nitrogens with one attached hydrogen (secondary N) is 1. The number of halogens is 3. The van der Waals surface area contributed by atoms with Crippen LogP contribution in [0.4, 0.5) is 20.3 Å². The number of nitrogens with zero attached hydrogens (tertiary/aromatic N) is 5. The molecule has 0 bridgehead atoms. The summed E-state index contributed by atoms with van der Waals surface area (Å²) in [5.41, 5.74) is 8.47. The van der Waals surface area contributed by atoms with Gasteiger partial charge in [-0.15, -0.1) is 0 Å². The Morgan fingerprint density at radius 3 is 2.73 bits per heavy atom. The van der Waals surface area contributed by atoms with Gasteiger partial charge in [0.1, 0.15) is 5.82 Å². The quantitative estimate of drug-likeness (QED) is 0.518. The third-order valence-corrected chi connectivity index (χ3v) is 7.16. The molecule has 2 amide bonds. The molecule has 0 saturated carbocycles. The molecule has 4 heterocycles. The molecule has 3 aromatic rings. The fourth-order valence-corrected chi connectivity index (χ4v) is 5.28. The van der Waals surface area contributed by atoms with Gasteiger partial charge in [-0.05, 0) is 50.8 Å². The first kappa shape index (κ1) is 25.3. The molecule has 2 fully saturated rings. The van der Waals surface area contributed by atoms with Gasteiger partial charge in [-0.1, -0.05) is 11.6 Å². The Hall–Kier alpha value is -3.31. The van der Waals surface area contributed by atoms with Gasteiger partial charge in [-0.25, -0.2) is 9.50 Å². The molecule has 12 heteroatoms. The number of nitrogens with two attached hydrogens (primary N) is 1. The molecule has 2 aliphatic rings. The first-order valence-electron chi connectivity index (χ1n) is 12.3. The van der Waals surface area contributed by atoms with Crippen molar-refractivity contribution in [1.82, 2.24) is 19.5 Å². The number of hydrogen-bond acceptors (Lipinski definition) is 6. The number of likely N-dealkylation sites (tertiary alicyclic amines) is 1. The fourth-order valence-electron chi connectivity index (χ4n) is 5.11. The van der Waals surface area contributed by atoms with Crippen LogP contribution in [0, 0.1) is 6.92 Å². The van der Waals surface area contributed by atoms with E-state index >= 15 is 0 Å². The van der Waals surface area contributed by atoms with E-state index in [9.17, 15) is 18.4 Å². The monoisotopic (exact) mass is 531 g/mol. The van der Waals surface area contributed by atoms with Gasteiger partial charge in [0.15, 0.2) is 5.65 Å². The van der Waals surface area contributed by atoms with E-state index in [-0.39, 0.29) is 28.4 Å². The zero-order valence-corrected chi connectivity index (χ0v) is 21.1. The zero-order chi connectivity index (χ0) is 26.3. The van der Waals surface area contributed by atoms with Crippen LogP contribution in [-0.2, 0) is 4.79 Å². The lowest BCUT2D eigenvalue weighted by atomic mass is 9.98. The molecule has 2 aromatic heterocycles. The van der Waals surface area contributed by atoms with Crippen LogP contribution in [0.15, 0.2) is 30.5 Å². The molecular formula is C25H28ClF2N7O2. The van der Waals surface area contributed by atoms with E-state index in [4.69, 9.17) is 27.4 Å². The topological polar surface area (TPSA) is 109 Å². The standard InChI is InChI=1S/C25H28ClF2N7O2/c1-14-12-35-21(31-23(14)33-9-7-16(29)13-33)11-19(32-35)20-4-2-3-8-34(20)25(37)17-10-15(26)5-6-18(17)30-24(36)22(27)28/h5-6,10-12,16,20,22H,2-4,7-9,13,29H2,1H3,(H,30,36)/t16-,20+/m0/s1. The largest absolute Gasteiger partial charge is 0.355 e. The van der Waals surface area contributed by atoms with Gasteiger partial charge >= 0.3 is 6.43 Å². The van der Waals surface area contributed by atoms with E-state index in [2.05, 4.69) is 10.2 Å². The van der Waals surface area contributed by atoms with Crippen molar-refractivity contribution in [3.63, 3.8) is 0 Å². The number of piperidine rings is 1. The second kappa shape index (κ2) is 10.2. The van der Waals surface area contributed by atoms with Crippen molar-refractivity contribution in [3.8, 4) is 0 Å². The number of alkyl halides is 2. The van der Waals surface area contributed by atoms with Crippen molar-refractivity contribution in [2.45, 2.75) is 51.1 Å². The van der Waals surface area contributed by atoms with Crippen LogP contribution >= 0.6 is 11.6 Å². The van der Waals surface area contributed by atoms with E-state index < -0.39 is 18.2 Å². The summed E-state index contributed by atoms with van der Waals surface area (Å²) < 4.78 is 27.5. The van der Waals surface area contributed by atoms with Gasteiger partial charge < -0.3 is 20.9 Å². The van der Waals surface area contributed by atoms with Crippen molar-refractivity contribution in [2.75, 3.05) is 29.9 Å². The smallest absolute Gasteiger partial charge is 0.315 e. The summed E-state index contributed by atoms with van der Waals surface area (Å²) in [5.74, 6) is -1.02. The Labute approximate surface area is 217 Å². The zero-order valence-electron chi connectivity index (χ0n) is 20.3. The average Bonchev–Trinajstić information content (AvgIpc) is 3.49. The lowest BCUT2D eigenvalue weighted by Gasteiger charge is -2.35. The number of aromatic nitrogens is 3. The number of carbonyl (C=O) groups excluding carboxylic acids is 2. The highest BCUT2D eigenvalue weighted by Gasteiger charge is 2.33. The van der Waals surface area contributed by atoms with Crippen molar-refractivity contribution in [3.05, 3.63) is 52.3 Å². The van der Waals surface area contributed by atoms with Gasteiger partial charge in [0.2, 0.25) is 0 Å². The van der Waals surface area contributed by atoms with Gasteiger partial charge in [-0.2, -0.15) is 13.9 Å². The average molecular weight is 532 g/mol. The van der Waals surface area contributed by atoms with Gasteiger partial charge in [0.05, 0.1) is 23.0 Å². The summed E-state index contributed by atoms with van der Waals surface area (Å²) in [5, 5.41) is 7.13. The maximum Gasteiger partial charge on any atom is 0.315 e. The molecule has 2 saturated heterocycles.